The second kappa shape index (κ2) is 25.2. The van der Waals surface area contributed by atoms with Crippen molar-refractivity contribution in [2.45, 2.75) is 5.51 Å². The smallest absolute Gasteiger partial charge is 0.536 e. The molecule has 0 spiro atoms. The van der Waals surface area contributed by atoms with Crippen molar-refractivity contribution in [1.82, 2.24) is 0 Å². The molecule has 465 valence electrons. The van der Waals surface area contributed by atoms with E-state index in [9.17, 15) is 21.6 Å². The van der Waals surface area contributed by atoms with Crippen molar-refractivity contribution < 1.29 is 35.5 Å². The molecule has 5 nitrogen and oxygen atoms in total. The molecule has 0 aliphatic rings. The van der Waals surface area contributed by atoms with E-state index in [0.717, 1.165) is 55.7 Å². The fourth-order valence-electron chi connectivity index (χ4n) is 13.6. The van der Waals surface area contributed by atoms with Gasteiger partial charge in [0, 0.05) is 35.6 Å². The van der Waals surface area contributed by atoms with Gasteiger partial charge >= 0.3 is 23.3 Å². The van der Waals surface area contributed by atoms with Crippen LogP contribution in [0, 0.1) is 0 Å². The minimum Gasteiger partial charge on any atom is -0.536 e. The first-order valence-corrected chi connectivity index (χ1v) is 34.5. The molecule has 12 heteroatoms. The zero-order valence-electron chi connectivity index (χ0n) is 51.5. The minimum absolute atomic E-state index is 0.400. The molecule has 16 aromatic carbocycles. The quantitative estimate of drug-likeness (QED) is 0.0675. The van der Waals surface area contributed by atoms with Gasteiger partial charge in [0.15, 0.2) is 0 Å². The topological polar surface area (TPSA) is 72.8 Å². The summed E-state index contributed by atoms with van der Waals surface area (Å²) in [6, 6.07) is 108. The molecule has 0 fully saturated rings. The fourth-order valence-corrected chi connectivity index (χ4v) is 16.7. The summed E-state index contributed by atoms with van der Waals surface area (Å²) in [6.45, 7) is 0. The van der Waals surface area contributed by atoms with Gasteiger partial charge < -0.3 is 13.9 Å². The number of halogens is 3. The van der Waals surface area contributed by atoms with Crippen LogP contribution < -0.4 is 8.84 Å². The first-order chi connectivity index (χ1) is 47.5. The van der Waals surface area contributed by atoms with E-state index >= 15 is 0 Å². The molecule has 18 aromatic rings. The van der Waals surface area contributed by atoms with Gasteiger partial charge in [-0.05, 0) is 157 Å². The van der Waals surface area contributed by atoms with Gasteiger partial charge in [-0.2, -0.15) is 21.6 Å². The average Bonchev–Trinajstić information content (AvgIpc) is 1.62. The van der Waals surface area contributed by atoms with Crippen LogP contribution in [0.15, 0.2) is 315 Å². The van der Waals surface area contributed by atoms with Crippen molar-refractivity contribution in [3.63, 3.8) is 0 Å². The summed E-state index contributed by atoms with van der Waals surface area (Å²) in [6.07, 6.45) is 0. The van der Waals surface area contributed by atoms with Crippen molar-refractivity contribution in [2.24, 2.45) is 0 Å². The summed E-state index contributed by atoms with van der Waals surface area (Å²) in [5.41, 5.74) is 5.78. The van der Waals surface area contributed by atoms with Gasteiger partial charge in [-0.25, -0.2) is 0 Å². The van der Waals surface area contributed by atoms with E-state index in [4.69, 9.17) is 9.68 Å². The van der Waals surface area contributed by atoms with Crippen LogP contribution in [0.5, 0.6) is 11.5 Å². The number of benzene rings is 16. The van der Waals surface area contributed by atoms with Crippen LogP contribution in [-0.2, 0) is 10.1 Å². The molecule has 0 saturated heterocycles. The maximum atomic E-state index is 12.7. The highest BCUT2D eigenvalue weighted by Crippen LogP contribution is 2.47. The highest BCUT2D eigenvalue weighted by Gasteiger charge is 2.48. The lowest BCUT2D eigenvalue weighted by molar-refractivity contribution is -0.0500. The molecule has 0 aliphatic carbocycles. The maximum Gasteiger partial charge on any atom is 0.569 e. The Kier molecular flexibility index (Phi) is 15.8. The molecule has 0 bridgehead atoms. The highest BCUT2D eigenvalue weighted by molar-refractivity contribution is 7.88. The van der Waals surface area contributed by atoms with E-state index in [1.165, 1.54) is 125 Å². The van der Waals surface area contributed by atoms with Gasteiger partial charge in [0.1, 0.15) is 11.5 Å². The zero-order chi connectivity index (χ0) is 65.8. The summed E-state index contributed by atoms with van der Waals surface area (Å²) in [7, 11) is -5.00. The summed E-state index contributed by atoms with van der Waals surface area (Å²) in [5.74, 6) is 0.281. The van der Waals surface area contributed by atoms with Gasteiger partial charge in [0.05, 0.1) is 4.70 Å². The molecule has 1 N–H and O–H groups in total. The van der Waals surface area contributed by atoms with Crippen molar-refractivity contribution in [3.05, 3.63) is 315 Å². The molecule has 2 aromatic heterocycles. The Morgan fingerprint density at radius 1 is 0.289 bits per heavy atom. The Morgan fingerprint density at radius 2 is 0.598 bits per heavy atom. The van der Waals surface area contributed by atoms with Gasteiger partial charge in [-0.15, -0.1) is 22.7 Å². The second-order valence-electron chi connectivity index (χ2n) is 23.6. The Morgan fingerprint density at radius 3 is 1.03 bits per heavy atom. The average molecular weight is 1320 g/mol. The Labute approximate surface area is 565 Å². The first-order valence-electron chi connectivity index (χ1n) is 31.5. The molecule has 18 rings (SSSR count). The molecule has 0 amide bonds. The predicted octanol–water partition coefficient (Wildman–Crippen LogP) is 24.2. The van der Waals surface area contributed by atoms with E-state index < -0.39 is 21.4 Å². The summed E-state index contributed by atoms with van der Waals surface area (Å²) < 4.78 is 75.3. The summed E-state index contributed by atoms with van der Waals surface area (Å²) >= 11 is 3.60. The number of thiophene rings is 2. The third-order valence-corrected chi connectivity index (χ3v) is 21.5. The zero-order valence-corrected chi connectivity index (χ0v) is 54.0. The van der Waals surface area contributed by atoms with Gasteiger partial charge in [0.25, 0.3) is 0 Å². The third-order valence-electron chi connectivity index (χ3n) is 18.0. The van der Waals surface area contributed by atoms with Crippen LogP contribution in [-0.4, -0.2) is 26.6 Å². The van der Waals surface area contributed by atoms with E-state index in [2.05, 4.69) is 229 Å². The van der Waals surface area contributed by atoms with E-state index in [-0.39, 0.29) is 0 Å². The Bertz CT molecular complexity index is 6140. The molecule has 97 heavy (non-hydrogen) atoms. The van der Waals surface area contributed by atoms with Crippen LogP contribution in [0.25, 0.3) is 161 Å². The molecule has 0 aliphatic heterocycles. The molecule has 2 heterocycles. The monoisotopic (exact) mass is 1320 g/mol. The van der Waals surface area contributed by atoms with Crippen LogP contribution >= 0.6 is 22.7 Å². The summed E-state index contributed by atoms with van der Waals surface area (Å²) in [5, 5.41) is 28.2. The lowest BCUT2D eigenvalue weighted by atomic mass is 9.91. The standard InChI is InChI=1S/C42H26S.C25H15F3O3S.C18H12BO2S/c1-2-11-27(12-3-1)31-19-9-21-38-39-22-10-20-32(42(39)43-41(31)38)30-14-8-13-28(25-30)29-23-24-37-35-17-5-4-15-33(35)34-16-6-7-18-36(34)40(37)26-29;26-25(27,28)32(29,30)31-18-7-5-6-16(14-18)17-12-13-23-21-10-2-1-8-19(21)20-9-3-4-11-22(20)24(23)15-17;20-19-21-16-11-5-10-15-14-9-4-8-13(17(14)22-18(15)16)12-6-2-1-3-7-12/h1-26H;1-15H;1-11,20H. The molecule has 0 atom stereocenters. The second-order valence-corrected chi connectivity index (χ2v) is 27.2. The molecular weight excluding hydrogens is 1260 g/mol. The lowest BCUT2D eigenvalue weighted by Gasteiger charge is -2.13. The number of alkyl halides is 3. The van der Waals surface area contributed by atoms with Crippen LogP contribution in [0.2, 0.25) is 0 Å². The normalized spacial score (nSPS) is 11.8. The first kappa shape index (κ1) is 60.8. The van der Waals surface area contributed by atoms with Crippen LogP contribution in [0.1, 0.15) is 0 Å². The third kappa shape index (κ3) is 11.2. The van der Waals surface area contributed by atoms with Crippen molar-refractivity contribution in [3.8, 4) is 67.1 Å². The van der Waals surface area contributed by atoms with Crippen molar-refractivity contribution in [2.75, 3.05) is 0 Å². The number of hydrogen-bond donors (Lipinski definition) is 1. The van der Waals surface area contributed by atoms with Crippen LogP contribution in [0.3, 0.4) is 0 Å². The number of fused-ring (bicyclic) bond motifs is 18. The summed E-state index contributed by atoms with van der Waals surface area (Å²) in [4.78, 5) is 0. The predicted molar refractivity (Wildman–Crippen MR) is 402 cm³/mol. The molecule has 0 unspecified atom stereocenters. The van der Waals surface area contributed by atoms with Gasteiger partial charge in [-0.3, -0.25) is 0 Å². The largest absolute Gasteiger partial charge is 0.569 e. The van der Waals surface area contributed by atoms with Crippen molar-refractivity contribution in [1.29, 1.82) is 0 Å². The fraction of sp³-hybridized carbons (Fsp3) is 0.0118. The van der Waals surface area contributed by atoms with E-state index in [1.807, 2.05) is 78.1 Å². The van der Waals surface area contributed by atoms with E-state index in [1.54, 1.807) is 17.4 Å². The number of hydrogen-bond acceptors (Lipinski definition) is 7. The minimum atomic E-state index is -5.74. The molecular formula is C85H53BF3O5S3. The van der Waals surface area contributed by atoms with Crippen LogP contribution in [0.4, 0.5) is 13.2 Å². The van der Waals surface area contributed by atoms with Gasteiger partial charge in [-0.1, -0.05) is 279 Å². The Balaban J connectivity index is 0.000000121. The molecule has 1 radical (unpaired) electrons. The van der Waals surface area contributed by atoms with Gasteiger partial charge in [0.2, 0.25) is 0 Å². The highest BCUT2D eigenvalue weighted by atomic mass is 32.2. The number of rotatable bonds is 9. The lowest BCUT2D eigenvalue weighted by Crippen LogP contribution is -2.28. The SMILES string of the molecule is O=S(=O)(Oc1cccc(-c2ccc3c4ccccc4c4ccccc4c3c2)c1)C(F)(F)F.O[B]Oc1cccc2c1sc1c(-c3ccccc3)cccc12.c1ccc(-c2cccc3c2sc2c(-c4cccc(-c5ccc6c7ccccc7c7ccccc7c6c5)c4)cccc23)cc1. The molecule has 0 saturated carbocycles. The Hall–Kier alpha value is -11.1. The van der Waals surface area contributed by atoms with Crippen molar-refractivity contribution >= 4 is 145 Å². The van der Waals surface area contributed by atoms with E-state index in [0.29, 0.717) is 11.3 Å². The maximum absolute atomic E-state index is 12.7.